The Morgan fingerprint density at radius 1 is 1.56 bits per heavy atom. The quantitative estimate of drug-likeness (QED) is 0.835. The van der Waals surface area contributed by atoms with Crippen molar-refractivity contribution in [2.24, 2.45) is 5.92 Å². The lowest BCUT2D eigenvalue weighted by atomic mass is 9.73. The summed E-state index contributed by atoms with van der Waals surface area (Å²) in [5, 5.41) is 9.46. The second-order valence-electron chi connectivity index (χ2n) is 4.58. The second kappa shape index (κ2) is 3.89. The van der Waals surface area contributed by atoms with Crippen molar-refractivity contribution >= 4 is 5.97 Å². The van der Waals surface area contributed by atoms with Crippen LogP contribution in [0.3, 0.4) is 0 Å². The van der Waals surface area contributed by atoms with Crippen molar-refractivity contribution in [2.45, 2.75) is 31.6 Å². The van der Waals surface area contributed by atoms with Gasteiger partial charge in [0.2, 0.25) is 0 Å². The third-order valence-electron chi connectivity index (χ3n) is 3.77. The summed E-state index contributed by atoms with van der Waals surface area (Å²) in [6.45, 7) is 1.94. The number of aliphatic carboxylic acids is 1. The molecule has 2 unspecified atom stereocenters. The van der Waals surface area contributed by atoms with E-state index in [0.29, 0.717) is 12.0 Å². The van der Waals surface area contributed by atoms with Crippen molar-refractivity contribution in [2.75, 3.05) is 0 Å². The van der Waals surface area contributed by atoms with Crippen LogP contribution in [0.2, 0.25) is 0 Å². The van der Waals surface area contributed by atoms with Crippen molar-refractivity contribution in [1.82, 2.24) is 0 Å². The lowest BCUT2D eigenvalue weighted by molar-refractivity contribution is -0.145. The standard InChI is InChI=1S/C13H15FO2/c1-9-4-3-7-13(9,12(15)16)10-5-2-6-11(14)8-10/h2,5-6,8-9H,3-4,7H2,1H3,(H,15,16). The van der Waals surface area contributed by atoms with Gasteiger partial charge in [0.1, 0.15) is 5.82 Å². The zero-order valence-corrected chi connectivity index (χ0v) is 9.24. The third-order valence-corrected chi connectivity index (χ3v) is 3.77. The maximum absolute atomic E-state index is 13.2. The summed E-state index contributed by atoms with van der Waals surface area (Å²) in [4.78, 5) is 11.5. The van der Waals surface area contributed by atoms with E-state index in [0.717, 1.165) is 12.8 Å². The van der Waals surface area contributed by atoms with Gasteiger partial charge in [-0.15, -0.1) is 0 Å². The Morgan fingerprint density at radius 2 is 2.31 bits per heavy atom. The predicted octanol–water partition coefficient (Wildman–Crippen LogP) is 2.97. The second-order valence-corrected chi connectivity index (χ2v) is 4.58. The van der Waals surface area contributed by atoms with Gasteiger partial charge in [0.05, 0.1) is 5.41 Å². The van der Waals surface area contributed by atoms with E-state index in [1.807, 2.05) is 6.92 Å². The van der Waals surface area contributed by atoms with E-state index in [1.165, 1.54) is 12.1 Å². The van der Waals surface area contributed by atoms with Crippen LogP contribution in [0, 0.1) is 11.7 Å². The Balaban J connectivity index is 2.52. The van der Waals surface area contributed by atoms with E-state index < -0.39 is 11.4 Å². The van der Waals surface area contributed by atoms with E-state index in [2.05, 4.69) is 0 Å². The highest BCUT2D eigenvalue weighted by Crippen LogP contribution is 2.45. The predicted molar refractivity (Wildman–Crippen MR) is 58.7 cm³/mol. The zero-order chi connectivity index (χ0) is 11.8. The van der Waals surface area contributed by atoms with Crippen LogP contribution in [-0.4, -0.2) is 11.1 Å². The maximum atomic E-state index is 13.2. The fourth-order valence-electron chi connectivity index (χ4n) is 2.82. The Morgan fingerprint density at radius 3 is 2.81 bits per heavy atom. The number of carboxylic acids is 1. The minimum Gasteiger partial charge on any atom is -0.481 e. The number of halogens is 1. The third kappa shape index (κ3) is 1.51. The van der Waals surface area contributed by atoms with Gasteiger partial charge in [0.25, 0.3) is 0 Å². The van der Waals surface area contributed by atoms with Gasteiger partial charge < -0.3 is 5.11 Å². The molecule has 16 heavy (non-hydrogen) atoms. The summed E-state index contributed by atoms with van der Waals surface area (Å²) in [6.07, 6.45) is 2.39. The fraction of sp³-hybridized carbons (Fsp3) is 0.462. The molecule has 1 N–H and O–H groups in total. The minimum absolute atomic E-state index is 0.0619. The van der Waals surface area contributed by atoms with Crippen molar-refractivity contribution < 1.29 is 14.3 Å². The Bertz CT molecular complexity index is 416. The molecule has 0 bridgehead atoms. The van der Waals surface area contributed by atoms with Gasteiger partial charge in [-0.1, -0.05) is 25.5 Å². The molecular formula is C13H15FO2. The van der Waals surface area contributed by atoms with Crippen LogP contribution < -0.4 is 0 Å². The molecular weight excluding hydrogens is 207 g/mol. The molecule has 0 aromatic heterocycles. The molecule has 0 spiro atoms. The summed E-state index contributed by atoms with van der Waals surface area (Å²) < 4.78 is 13.2. The van der Waals surface area contributed by atoms with Gasteiger partial charge in [-0.2, -0.15) is 0 Å². The first-order valence-corrected chi connectivity index (χ1v) is 5.57. The van der Waals surface area contributed by atoms with Crippen LogP contribution in [0.25, 0.3) is 0 Å². The summed E-state index contributed by atoms with van der Waals surface area (Å²) in [6, 6.07) is 6.01. The molecule has 1 aromatic rings. The normalized spacial score (nSPS) is 29.2. The van der Waals surface area contributed by atoms with Crippen molar-refractivity contribution in [3.63, 3.8) is 0 Å². The molecule has 0 aliphatic heterocycles. The number of benzene rings is 1. The molecule has 0 radical (unpaired) electrons. The Labute approximate surface area is 94.1 Å². The molecule has 1 aliphatic carbocycles. The van der Waals surface area contributed by atoms with E-state index in [4.69, 9.17) is 0 Å². The van der Waals surface area contributed by atoms with E-state index >= 15 is 0 Å². The smallest absolute Gasteiger partial charge is 0.314 e. The number of hydrogen-bond donors (Lipinski definition) is 1. The Hall–Kier alpha value is -1.38. The maximum Gasteiger partial charge on any atom is 0.314 e. The van der Waals surface area contributed by atoms with E-state index in [1.54, 1.807) is 12.1 Å². The average molecular weight is 222 g/mol. The van der Waals surface area contributed by atoms with Gasteiger partial charge in [-0.25, -0.2) is 4.39 Å². The van der Waals surface area contributed by atoms with Gasteiger partial charge in [-0.05, 0) is 36.5 Å². The number of carbonyl (C=O) groups is 1. The molecule has 86 valence electrons. The van der Waals surface area contributed by atoms with Crippen LogP contribution in [0.5, 0.6) is 0 Å². The summed E-state index contributed by atoms with van der Waals surface area (Å²) >= 11 is 0. The van der Waals surface area contributed by atoms with Gasteiger partial charge in [0, 0.05) is 0 Å². The highest BCUT2D eigenvalue weighted by atomic mass is 19.1. The molecule has 0 saturated heterocycles. The molecule has 2 nitrogen and oxygen atoms in total. The average Bonchev–Trinajstić information content (AvgIpc) is 2.61. The summed E-state index contributed by atoms with van der Waals surface area (Å²) in [5.41, 5.74) is -0.285. The molecule has 1 aliphatic rings. The van der Waals surface area contributed by atoms with Gasteiger partial charge in [-0.3, -0.25) is 4.79 Å². The lowest BCUT2D eigenvalue weighted by Crippen LogP contribution is -2.38. The molecule has 0 heterocycles. The van der Waals surface area contributed by atoms with Crippen LogP contribution in [-0.2, 0) is 10.2 Å². The molecule has 0 amide bonds. The lowest BCUT2D eigenvalue weighted by Gasteiger charge is -2.29. The van der Waals surface area contributed by atoms with Crippen molar-refractivity contribution in [3.05, 3.63) is 35.6 Å². The minimum atomic E-state index is -0.887. The molecule has 1 aromatic carbocycles. The fourth-order valence-corrected chi connectivity index (χ4v) is 2.82. The van der Waals surface area contributed by atoms with Crippen LogP contribution in [0.4, 0.5) is 4.39 Å². The van der Waals surface area contributed by atoms with Gasteiger partial charge in [0.15, 0.2) is 0 Å². The highest BCUT2D eigenvalue weighted by molar-refractivity contribution is 5.82. The largest absolute Gasteiger partial charge is 0.481 e. The van der Waals surface area contributed by atoms with Crippen LogP contribution in [0.15, 0.2) is 24.3 Å². The van der Waals surface area contributed by atoms with Crippen LogP contribution >= 0.6 is 0 Å². The molecule has 1 saturated carbocycles. The zero-order valence-electron chi connectivity index (χ0n) is 9.24. The van der Waals surface area contributed by atoms with Crippen molar-refractivity contribution in [1.29, 1.82) is 0 Å². The summed E-state index contributed by atoms with van der Waals surface area (Å²) in [7, 11) is 0. The first-order chi connectivity index (χ1) is 7.57. The number of rotatable bonds is 2. The summed E-state index contributed by atoms with van der Waals surface area (Å²) in [5.74, 6) is -1.13. The van der Waals surface area contributed by atoms with E-state index in [9.17, 15) is 14.3 Å². The van der Waals surface area contributed by atoms with Crippen molar-refractivity contribution in [3.8, 4) is 0 Å². The molecule has 1 fully saturated rings. The van der Waals surface area contributed by atoms with Crippen LogP contribution in [0.1, 0.15) is 31.7 Å². The van der Waals surface area contributed by atoms with E-state index in [-0.39, 0.29) is 11.7 Å². The topological polar surface area (TPSA) is 37.3 Å². The number of hydrogen-bond acceptors (Lipinski definition) is 1. The van der Waals surface area contributed by atoms with Gasteiger partial charge >= 0.3 is 5.97 Å². The Kier molecular flexibility index (Phi) is 2.70. The molecule has 3 heteroatoms. The highest BCUT2D eigenvalue weighted by Gasteiger charge is 2.48. The monoisotopic (exact) mass is 222 g/mol. The number of carboxylic acid groups (broad SMARTS) is 1. The molecule has 2 rings (SSSR count). The SMILES string of the molecule is CC1CCCC1(C(=O)O)c1cccc(F)c1. The first kappa shape index (κ1) is 11.1. The molecule has 2 atom stereocenters. The first-order valence-electron chi connectivity index (χ1n) is 5.57.